The highest BCUT2D eigenvalue weighted by Crippen LogP contribution is 2.30. The van der Waals surface area contributed by atoms with Gasteiger partial charge in [-0.15, -0.1) is 0 Å². The van der Waals surface area contributed by atoms with Gasteiger partial charge in [0.25, 0.3) is 0 Å². The molecule has 1 aromatic heterocycles. The summed E-state index contributed by atoms with van der Waals surface area (Å²) in [4.78, 5) is 7.84. The molecule has 0 radical (unpaired) electrons. The summed E-state index contributed by atoms with van der Waals surface area (Å²) < 4.78 is 19.7. The lowest BCUT2D eigenvalue weighted by Gasteiger charge is -2.10. The second-order valence-corrected chi connectivity index (χ2v) is 4.75. The van der Waals surface area contributed by atoms with Crippen LogP contribution in [-0.4, -0.2) is 9.97 Å². The molecule has 2 aromatic rings. The maximum absolute atomic E-state index is 13.6. The van der Waals surface area contributed by atoms with Gasteiger partial charge in [0.2, 0.25) is 5.88 Å². The zero-order valence-corrected chi connectivity index (χ0v) is 11.8. The Bertz CT molecular complexity index is 580. The minimum atomic E-state index is -0.463. The van der Waals surface area contributed by atoms with Crippen molar-refractivity contribution in [3.8, 4) is 11.6 Å². The van der Waals surface area contributed by atoms with Crippen molar-refractivity contribution in [1.29, 1.82) is 0 Å². The minimum Gasteiger partial charge on any atom is -0.435 e. The lowest BCUT2D eigenvalue weighted by atomic mass is 10.2. The van der Waals surface area contributed by atoms with Crippen molar-refractivity contribution in [1.82, 2.24) is 9.97 Å². The molecule has 3 nitrogen and oxygen atoms in total. The first-order valence-electron chi connectivity index (χ1n) is 5.24. The molecule has 0 aliphatic rings. The van der Waals surface area contributed by atoms with Crippen LogP contribution in [0.25, 0.3) is 0 Å². The number of hydrogen-bond acceptors (Lipinski definition) is 3. The van der Waals surface area contributed by atoms with Crippen LogP contribution in [0.2, 0.25) is 5.15 Å². The van der Waals surface area contributed by atoms with Crippen molar-refractivity contribution >= 4 is 27.5 Å². The summed E-state index contributed by atoms with van der Waals surface area (Å²) >= 11 is 9.19. The van der Waals surface area contributed by atoms with E-state index in [4.69, 9.17) is 16.3 Å². The molecule has 2 rings (SSSR count). The third-order valence-electron chi connectivity index (χ3n) is 2.31. The van der Waals surface area contributed by atoms with Gasteiger partial charge in [-0.3, -0.25) is 0 Å². The Kier molecular flexibility index (Phi) is 4.14. The van der Waals surface area contributed by atoms with E-state index in [2.05, 4.69) is 25.9 Å². The van der Waals surface area contributed by atoms with Gasteiger partial charge in [0.1, 0.15) is 11.5 Å². The molecule has 0 N–H and O–H groups in total. The first-order valence-corrected chi connectivity index (χ1v) is 6.41. The van der Waals surface area contributed by atoms with E-state index in [9.17, 15) is 4.39 Å². The Morgan fingerprint density at radius 1 is 1.39 bits per heavy atom. The van der Waals surface area contributed by atoms with E-state index in [1.807, 2.05) is 6.92 Å². The average Bonchev–Trinajstić information content (AvgIpc) is 2.34. The van der Waals surface area contributed by atoms with Gasteiger partial charge in [-0.1, -0.05) is 34.5 Å². The first kappa shape index (κ1) is 13.2. The Morgan fingerprint density at radius 2 is 2.17 bits per heavy atom. The van der Waals surface area contributed by atoms with Gasteiger partial charge in [0.05, 0.1) is 5.56 Å². The van der Waals surface area contributed by atoms with E-state index in [0.717, 1.165) is 4.47 Å². The summed E-state index contributed by atoms with van der Waals surface area (Å²) in [7, 11) is 0. The van der Waals surface area contributed by atoms with Crippen molar-refractivity contribution < 1.29 is 9.13 Å². The SMILES string of the molecule is CCc1c(Cl)ncnc1Oc1cc(Br)ccc1F. The highest BCUT2D eigenvalue weighted by molar-refractivity contribution is 9.10. The van der Waals surface area contributed by atoms with Gasteiger partial charge in [-0.2, -0.15) is 0 Å². The minimum absolute atomic E-state index is 0.0915. The van der Waals surface area contributed by atoms with Crippen molar-refractivity contribution in [3.63, 3.8) is 0 Å². The number of hydrogen-bond donors (Lipinski definition) is 0. The van der Waals surface area contributed by atoms with Gasteiger partial charge in [-0.05, 0) is 24.6 Å². The van der Waals surface area contributed by atoms with Gasteiger partial charge in [0, 0.05) is 4.47 Å². The molecule has 94 valence electrons. The van der Waals surface area contributed by atoms with Gasteiger partial charge >= 0.3 is 0 Å². The predicted molar refractivity (Wildman–Crippen MR) is 70.6 cm³/mol. The van der Waals surface area contributed by atoms with E-state index in [1.165, 1.54) is 18.5 Å². The lowest BCUT2D eigenvalue weighted by molar-refractivity contribution is 0.421. The summed E-state index contributed by atoms with van der Waals surface area (Å²) in [6.07, 6.45) is 1.89. The highest BCUT2D eigenvalue weighted by atomic mass is 79.9. The average molecular weight is 332 g/mol. The third-order valence-corrected chi connectivity index (χ3v) is 3.13. The summed E-state index contributed by atoms with van der Waals surface area (Å²) in [6, 6.07) is 4.44. The number of rotatable bonds is 3. The molecule has 0 saturated carbocycles. The van der Waals surface area contributed by atoms with Crippen LogP contribution in [0.4, 0.5) is 4.39 Å². The number of halogens is 3. The second kappa shape index (κ2) is 5.63. The van der Waals surface area contributed by atoms with Crippen LogP contribution in [0, 0.1) is 5.82 Å². The van der Waals surface area contributed by atoms with Crippen LogP contribution in [0.3, 0.4) is 0 Å². The monoisotopic (exact) mass is 330 g/mol. The molecule has 0 amide bonds. The van der Waals surface area contributed by atoms with E-state index in [0.29, 0.717) is 17.1 Å². The lowest BCUT2D eigenvalue weighted by Crippen LogP contribution is -1.98. The molecular weight excluding hydrogens is 323 g/mol. The first-order chi connectivity index (χ1) is 8.61. The Morgan fingerprint density at radius 3 is 2.89 bits per heavy atom. The van der Waals surface area contributed by atoms with Crippen LogP contribution in [-0.2, 0) is 6.42 Å². The Labute approximate surface area is 117 Å². The van der Waals surface area contributed by atoms with E-state index < -0.39 is 5.82 Å². The molecule has 0 saturated heterocycles. The zero-order valence-electron chi connectivity index (χ0n) is 9.45. The van der Waals surface area contributed by atoms with Gasteiger partial charge in [-0.25, -0.2) is 14.4 Å². The molecule has 0 fully saturated rings. The molecule has 0 atom stereocenters. The van der Waals surface area contributed by atoms with Crippen LogP contribution in [0.1, 0.15) is 12.5 Å². The fourth-order valence-electron chi connectivity index (χ4n) is 1.42. The Balaban J connectivity index is 2.40. The van der Waals surface area contributed by atoms with Crippen LogP contribution in [0.15, 0.2) is 29.0 Å². The fraction of sp³-hybridized carbons (Fsp3) is 0.167. The topological polar surface area (TPSA) is 35.0 Å². The fourth-order valence-corrected chi connectivity index (χ4v) is 2.02. The number of aromatic nitrogens is 2. The molecule has 0 bridgehead atoms. The molecule has 0 unspecified atom stereocenters. The van der Waals surface area contributed by atoms with Crippen LogP contribution < -0.4 is 4.74 Å². The largest absolute Gasteiger partial charge is 0.435 e. The summed E-state index contributed by atoms with van der Waals surface area (Å²) in [5.41, 5.74) is 0.651. The standard InChI is InChI=1S/C12H9BrClFN2O/c1-2-8-11(14)16-6-17-12(8)18-10-5-7(13)3-4-9(10)15/h3-6H,2H2,1H3. The molecule has 1 aromatic carbocycles. The van der Waals surface area contributed by atoms with Crippen molar-refractivity contribution in [2.45, 2.75) is 13.3 Å². The second-order valence-electron chi connectivity index (χ2n) is 3.48. The number of benzene rings is 1. The maximum Gasteiger partial charge on any atom is 0.227 e. The van der Waals surface area contributed by atoms with E-state index >= 15 is 0 Å². The molecule has 0 spiro atoms. The van der Waals surface area contributed by atoms with Crippen LogP contribution in [0.5, 0.6) is 11.6 Å². The summed E-state index contributed by atoms with van der Waals surface area (Å²) in [5.74, 6) is -0.0988. The number of ether oxygens (including phenoxy) is 1. The predicted octanol–water partition coefficient (Wildman–Crippen LogP) is 4.39. The van der Waals surface area contributed by atoms with E-state index in [1.54, 1.807) is 6.07 Å². The van der Waals surface area contributed by atoms with Crippen molar-refractivity contribution in [3.05, 3.63) is 45.5 Å². The maximum atomic E-state index is 13.6. The molecule has 6 heteroatoms. The summed E-state index contributed by atoms with van der Waals surface area (Å²) in [5, 5.41) is 0.318. The number of nitrogens with zero attached hydrogens (tertiary/aromatic N) is 2. The Hall–Kier alpha value is -1.20. The normalized spacial score (nSPS) is 10.4. The molecule has 1 heterocycles. The molecular formula is C12H9BrClFN2O. The molecule has 18 heavy (non-hydrogen) atoms. The summed E-state index contributed by atoms with van der Waals surface area (Å²) in [6.45, 7) is 1.90. The van der Waals surface area contributed by atoms with Gasteiger partial charge < -0.3 is 4.74 Å². The van der Waals surface area contributed by atoms with E-state index in [-0.39, 0.29) is 11.6 Å². The van der Waals surface area contributed by atoms with Crippen molar-refractivity contribution in [2.75, 3.05) is 0 Å². The third kappa shape index (κ3) is 2.79. The van der Waals surface area contributed by atoms with Crippen molar-refractivity contribution in [2.24, 2.45) is 0 Å². The van der Waals surface area contributed by atoms with Gasteiger partial charge in [0.15, 0.2) is 11.6 Å². The molecule has 0 aliphatic carbocycles. The smallest absolute Gasteiger partial charge is 0.227 e. The highest BCUT2D eigenvalue weighted by Gasteiger charge is 2.12. The zero-order chi connectivity index (χ0) is 13.1. The quantitative estimate of drug-likeness (QED) is 0.783. The molecule has 0 aliphatic heterocycles. The van der Waals surface area contributed by atoms with Crippen LogP contribution >= 0.6 is 27.5 Å².